The molecule has 2 heterocycles. The normalized spacial score (nSPS) is 11.1. The molecule has 5 nitrogen and oxygen atoms in total. The van der Waals surface area contributed by atoms with Gasteiger partial charge in [0.15, 0.2) is 0 Å². The Morgan fingerprint density at radius 3 is 2.73 bits per heavy atom. The molecule has 0 fully saturated rings. The number of H-pyrrole nitrogens is 1. The highest BCUT2D eigenvalue weighted by atomic mass is 32.2. The molecular weight excluding hydrogens is 314 g/mol. The maximum atomic E-state index is 5.23. The Morgan fingerprint density at radius 1 is 1.23 bits per heavy atom. The maximum absolute atomic E-state index is 5.23. The summed E-state index contributed by atoms with van der Waals surface area (Å²) in [6.07, 6.45) is 5.51. The van der Waals surface area contributed by atoms with Gasteiger partial charge in [-0.2, -0.15) is 14.9 Å². The topological polar surface area (TPSA) is 58.9 Å². The van der Waals surface area contributed by atoms with E-state index in [1.54, 1.807) is 28.8 Å². The Balaban J connectivity index is 1.93. The highest BCUT2D eigenvalue weighted by Crippen LogP contribution is 2.15. The van der Waals surface area contributed by atoms with Gasteiger partial charge < -0.3 is 0 Å². The van der Waals surface area contributed by atoms with Crippen molar-refractivity contribution in [3.8, 4) is 11.5 Å². The molecule has 0 spiro atoms. The van der Waals surface area contributed by atoms with E-state index >= 15 is 0 Å². The van der Waals surface area contributed by atoms with Gasteiger partial charge in [-0.25, -0.2) is 5.10 Å². The third kappa shape index (κ3) is 3.15. The molecule has 0 bridgehead atoms. The molecule has 0 saturated carbocycles. The molecule has 22 heavy (non-hydrogen) atoms. The van der Waals surface area contributed by atoms with Crippen LogP contribution in [0.1, 0.15) is 5.56 Å². The van der Waals surface area contributed by atoms with Crippen molar-refractivity contribution in [1.82, 2.24) is 19.9 Å². The van der Waals surface area contributed by atoms with Gasteiger partial charge >= 0.3 is 0 Å². The van der Waals surface area contributed by atoms with Gasteiger partial charge in [-0.15, -0.1) is 11.8 Å². The molecule has 0 unspecified atom stereocenters. The lowest BCUT2D eigenvalue weighted by atomic mass is 10.2. The summed E-state index contributed by atoms with van der Waals surface area (Å²) >= 11 is 6.93. The number of hydrogen-bond acceptors (Lipinski definition) is 5. The fourth-order valence-electron chi connectivity index (χ4n) is 1.87. The van der Waals surface area contributed by atoms with Gasteiger partial charge in [0.1, 0.15) is 5.69 Å². The highest BCUT2D eigenvalue weighted by Gasteiger charge is 2.08. The number of aromatic nitrogens is 4. The molecular formula is C15H13N5S2. The minimum atomic E-state index is 0.428. The second-order valence-corrected chi connectivity index (χ2v) is 5.66. The van der Waals surface area contributed by atoms with Crippen molar-refractivity contribution >= 4 is 30.2 Å². The van der Waals surface area contributed by atoms with Gasteiger partial charge in [0.2, 0.25) is 10.6 Å². The summed E-state index contributed by atoms with van der Waals surface area (Å²) in [4.78, 5) is 5.49. The molecule has 2 aromatic heterocycles. The highest BCUT2D eigenvalue weighted by molar-refractivity contribution is 7.98. The van der Waals surface area contributed by atoms with Crippen LogP contribution in [0.2, 0.25) is 0 Å². The summed E-state index contributed by atoms with van der Waals surface area (Å²) in [5.74, 6) is 0.586. The van der Waals surface area contributed by atoms with E-state index in [-0.39, 0.29) is 0 Å². The van der Waals surface area contributed by atoms with Crippen LogP contribution in [0.4, 0.5) is 0 Å². The molecule has 110 valence electrons. The molecule has 0 aliphatic rings. The fraction of sp³-hybridized carbons (Fsp3) is 0.0667. The van der Waals surface area contributed by atoms with Crippen molar-refractivity contribution in [3.05, 3.63) is 59.0 Å². The first-order valence-electron chi connectivity index (χ1n) is 6.55. The number of aromatic amines is 1. The third-order valence-corrected chi connectivity index (χ3v) is 3.99. The Bertz CT molecular complexity index is 834. The second-order valence-electron chi connectivity index (χ2n) is 4.40. The average Bonchev–Trinajstić information content (AvgIpc) is 2.95. The fourth-order valence-corrected chi connectivity index (χ4v) is 2.46. The largest absolute Gasteiger partial charge is 0.253 e. The molecule has 1 aromatic carbocycles. The summed E-state index contributed by atoms with van der Waals surface area (Å²) < 4.78 is 2.00. The van der Waals surface area contributed by atoms with Gasteiger partial charge in [-0.3, -0.25) is 4.98 Å². The predicted molar refractivity (Wildman–Crippen MR) is 91.9 cm³/mol. The lowest BCUT2D eigenvalue weighted by molar-refractivity contribution is 0.867. The van der Waals surface area contributed by atoms with Crippen LogP contribution in [-0.4, -0.2) is 32.3 Å². The van der Waals surface area contributed by atoms with Crippen molar-refractivity contribution in [2.75, 3.05) is 6.26 Å². The minimum absolute atomic E-state index is 0.428. The van der Waals surface area contributed by atoms with Gasteiger partial charge in [-0.05, 0) is 48.3 Å². The van der Waals surface area contributed by atoms with Gasteiger partial charge in [0.05, 0.1) is 6.21 Å². The minimum Gasteiger partial charge on any atom is -0.253 e. The molecule has 0 aliphatic heterocycles. The van der Waals surface area contributed by atoms with E-state index in [0.29, 0.717) is 16.3 Å². The summed E-state index contributed by atoms with van der Waals surface area (Å²) in [7, 11) is 0. The number of nitrogens with zero attached hydrogens (tertiary/aromatic N) is 4. The number of rotatable bonds is 4. The first kappa shape index (κ1) is 14.7. The number of nitrogens with one attached hydrogen (secondary N) is 1. The van der Waals surface area contributed by atoms with Crippen LogP contribution < -0.4 is 0 Å². The van der Waals surface area contributed by atoms with E-state index in [4.69, 9.17) is 12.2 Å². The van der Waals surface area contributed by atoms with Crippen LogP contribution in [0.15, 0.2) is 58.7 Å². The Hall–Kier alpha value is -2.25. The van der Waals surface area contributed by atoms with E-state index in [0.717, 1.165) is 5.56 Å². The molecule has 7 heteroatoms. The smallest absolute Gasteiger partial charge is 0.216 e. The van der Waals surface area contributed by atoms with E-state index in [9.17, 15) is 0 Å². The number of pyridine rings is 1. The van der Waals surface area contributed by atoms with Crippen LogP contribution >= 0.6 is 24.0 Å². The van der Waals surface area contributed by atoms with Crippen molar-refractivity contribution in [1.29, 1.82) is 0 Å². The van der Waals surface area contributed by atoms with Crippen molar-refractivity contribution < 1.29 is 0 Å². The zero-order chi connectivity index (χ0) is 15.4. The monoisotopic (exact) mass is 327 g/mol. The van der Waals surface area contributed by atoms with Crippen LogP contribution in [0.3, 0.4) is 0 Å². The number of thioether (sulfide) groups is 1. The standard InChI is InChI=1S/C15H13N5S2/c1-22-12-7-5-11(6-8-12)10-17-20-14(18-19-15(20)21)13-4-2-3-9-16-13/h2-10H,1H3,(H,19,21). The zero-order valence-corrected chi connectivity index (χ0v) is 13.4. The van der Waals surface area contributed by atoms with Gasteiger partial charge in [0, 0.05) is 11.1 Å². The van der Waals surface area contributed by atoms with Crippen molar-refractivity contribution in [2.45, 2.75) is 4.90 Å². The van der Waals surface area contributed by atoms with Gasteiger partial charge in [0.25, 0.3) is 0 Å². The SMILES string of the molecule is CSc1ccc(C=Nn2c(-c3ccccn3)n[nH]c2=S)cc1. The quantitative estimate of drug-likeness (QED) is 0.452. The average molecular weight is 327 g/mol. The van der Waals surface area contributed by atoms with E-state index < -0.39 is 0 Å². The zero-order valence-electron chi connectivity index (χ0n) is 11.8. The molecule has 0 saturated heterocycles. The molecule has 3 rings (SSSR count). The van der Waals surface area contributed by atoms with Crippen LogP contribution in [0.5, 0.6) is 0 Å². The van der Waals surface area contributed by atoms with Crippen molar-refractivity contribution in [2.24, 2.45) is 5.10 Å². The lowest BCUT2D eigenvalue weighted by Crippen LogP contribution is -1.96. The summed E-state index contributed by atoms with van der Waals surface area (Å²) in [6.45, 7) is 0. The number of hydrogen-bond donors (Lipinski definition) is 1. The Labute approximate surface area is 137 Å². The van der Waals surface area contributed by atoms with E-state index in [1.807, 2.05) is 36.6 Å². The summed E-state index contributed by atoms with van der Waals surface area (Å²) in [5, 5.41) is 11.4. The van der Waals surface area contributed by atoms with Gasteiger partial charge in [-0.1, -0.05) is 18.2 Å². The van der Waals surface area contributed by atoms with E-state index in [2.05, 4.69) is 32.4 Å². The van der Waals surface area contributed by atoms with Crippen LogP contribution in [-0.2, 0) is 0 Å². The Morgan fingerprint density at radius 2 is 2.05 bits per heavy atom. The number of benzene rings is 1. The predicted octanol–water partition coefficient (Wildman–Crippen LogP) is 3.61. The molecule has 0 radical (unpaired) electrons. The van der Waals surface area contributed by atoms with Crippen LogP contribution in [0.25, 0.3) is 11.5 Å². The first-order valence-corrected chi connectivity index (χ1v) is 8.18. The maximum Gasteiger partial charge on any atom is 0.216 e. The molecule has 0 aliphatic carbocycles. The molecule has 3 aromatic rings. The molecule has 0 atom stereocenters. The first-order chi connectivity index (χ1) is 10.8. The van der Waals surface area contributed by atoms with Crippen LogP contribution in [0, 0.1) is 4.77 Å². The lowest BCUT2D eigenvalue weighted by Gasteiger charge is -2.00. The summed E-state index contributed by atoms with van der Waals surface area (Å²) in [6, 6.07) is 13.8. The Kier molecular flexibility index (Phi) is 4.45. The third-order valence-electron chi connectivity index (χ3n) is 2.98. The second kappa shape index (κ2) is 6.67. The molecule has 1 N–H and O–H groups in total. The summed E-state index contributed by atoms with van der Waals surface area (Å²) in [5.41, 5.74) is 1.71. The van der Waals surface area contributed by atoms with Crippen molar-refractivity contribution in [3.63, 3.8) is 0 Å². The molecule has 0 amide bonds. The van der Waals surface area contributed by atoms with E-state index in [1.165, 1.54) is 4.90 Å².